The Bertz CT molecular complexity index is 1570. The fraction of sp³-hybridized carbons (Fsp3) is 0.444. The number of allylic oxidation sites excluding steroid dienone is 4. The number of rotatable bonds is 26. The number of benzene rings is 3. The summed E-state index contributed by atoms with van der Waals surface area (Å²) in [5.74, 6) is 3.38. The number of fused-ring (bicyclic) bond motifs is 1. The number of hydrogen-bond donors (Lipinski definition) is 0. The summed E-state index contributed by atoms with van der Waals surface area (Å²) in [6.45, 7) is 23.3. The van der Waals surface area contributed by atoms with Gasteiger partial charge in [-0.3, -0.25) is 0 Å². The van der Waals surface area contributed by atoms with Gasteiger partial charge in [-0.25, -0.2) is 9.48 Å². The number of unbranched alkanes of at least 4 members (excludes halogenated alkanes) is 8. The van der Waals surface area contributed by atoms with Crippen molar-refractivity contribution in [1.29, 1.82) is 0 Å². The molecule has 6 nitrogen and oxygen atoms in total. The molecule has 0 amide bonds. The number of ether oxygens (including phenoxy) is 4. The van der Waals surface area contributed by atoms with Crippen LogP contribution in [0.4, 0.5) is 11.4 Å². The molecular formula is C45H61N2O4+. The van der Waals surface area contributed by atoms with Gasteiger partial charge in [0.25, 0.3) is 0 Å². The van der Waals surface area contributed by atoms with Gasteiger partial charge in [-0.1, -0.05) is 42.5 Å². The normalized spacial score (nSPS) is 13.5. The molecular weight excluding hydrogens is 633 g/mol. The van der Waals surface area contributed by atoms with E-state index in [-0.39, 0.29) is 5.54 Å². The van der Waals surface area contributed by atoms with E-state index < -0.39 is 0 Å². The number of nitrogens with zero attached hydrogens (tertiary/aromatic N) is 2. The van der Waals surface area contributed by atoms with Crippen molar-refractivity contribution in [3.63, 3.8) is 0 Å². The van der Waals surface area contributed by atoms with Gasteiger partial charge in [-0.05, 0) is 127 Å². The molecule has 4 rings (SSSR count). The summed E-state index contributed by atoms with van der Waals surface area (Å²) < 4.78 is 28.1. The molecule has 0 saturated heterocycles. The minimum atomic E-state index is -0.297. The van der Waals surface area contributed by atoms with E-state index in [0.29, 0.717) is 26.4 Å². The van der Waals surface area contributed by atoms with Crippen LogP contribution in [-0.2, 0) is 0 Å². The lowest BCUT2D eigenvalue weighted by molar-refractivity contribution is -0.434. The third-order valence-electron chi connectivity index (χ3n) is 9.13. The molecule has 3 aromatic rings. The minimum Gasteiger partial charge on any atom is -0.494 e. The molecule has 0 spiro atoms. The zero-order valence-corrected chi connectivity index (χ0v) is 31.4. The van der Waals surface area contributed by atoms with Crippen LogP contribution < -0.4 is 23.8 Å². The van der Waals surface area contributed by atoms with Crippen molar-refractivity contribution in [3.8, 4) is 23.0 Å². The largest absolute Gasteiger partial charge is 0.494 e. The molecule has 0 saturated carbocycles. The molecule has 1 aliphatic heterocycles. The van der Waals surface area contributed by atoms with Crippen molar-refractivity contribution in [2.75, 3.05) is 37.9 Å². The van der Waals surface area contributed by atoms with Crippen LogP contribution in [0.15, 0.2) is 99.2 Å². The Hall–Kier alpha value is -4.45. The highest BCUT2D eigenvalue weighted by atomic mass is 16.5. The van der Waals surface area contributed by atoms with Crippen LogP contribution >= 0.6 is 0 Å². The lowest BCUT2D eigenvalue weighted by Gasteiger charge is -2.26. The van der Waals surface area contributed by atoms with E-state index in [2.05, 4.69) is 98.4 Å². The molecule has 274 valence electrons. The summed E-state index contributed by atoms with van der Waals surface area (Å²) in [6.07, 6.45) is 22.1. The lowest BCUT2D eigenvalue weighted by Crippen LogP contribution is -2.41. The Balaban J connectivity index is 1.75. The first kappa shape index (κ1) is 39.3. The standard InChI is InChI=1S/C45H61N2O4/c1-7-11-15-19-30-48-38-28-26-37-27-29-42(51-33-22-18-14-10-4)43(39(37)34-38)47-36-46(35-45(47,5)6)44-40(49-31-20-16-12-8-2)24-23-25-41(44)50-32-21-17-13-9-3/h7-10,23-29,34,36H,1-4,11-22,30-33,35H2,5-6H3/q+1. The molecule has 1 aliphatic rings. The summed E-state index contributed by atoms with van der Waals surface area (Å²) in [5.41, 5.74) is 1.70. The molecule has 0 unspecified atom stereocenters. The highest BCUT2D eigenvalue weighted by molar-refractivity contribution is 6.03. The minimum absolute atomic E-state index is 0.297. The van der Waals surface area contributed by atoms with Gasteiger partial charge in [0.15, 0.2) is 22.9 Å². The quantitative estimate of drug-likeness (QED) is 0.0476. The van der Waals surface area contributed by atoms with Gasteiger partial charge >= 0.3 is 0 Å². The second-order valence-corrected chi connectivity index (χ2v) is 13.9. The molecule has 3 aromatic carbocycles. The summed E-state index contributed by atoms with van der Waals surface area (Å²) in [5, 5.41) is 2.23. The summed E-state index contributed by atoms with van der Waals surface area (Å²) in [4.78, 5) is 2.37. The molecule has 51 heavy (non-hydrogen) atoms. The van der Waals surface area contributed by atoms with Gasteiger partial charge in [-0.2, -0.15) is 0 Å². The maximum absolute atomic E-state index is 6.59. The van der Waals surface area contributed by atoms with Gasteiger partial charge in [0.2, 0.25) is 12.0 Å². The zero-order valence-electron chi connectivity index (χ0n) is 31.4. The number of anilines is 1. The van der Waals surface area contributed by atoms with Crippen molar-refractivity contribution in [2.24, 2.45) is 0 Å². The molecule has 6 heteroatoms. The van der Waals surface area contributed by atoms with Crippen LogP contribution in [0.3, 0.4) is 0 Å². The summed E-state index contributed by atoms with van der Waals surface area (Å²) in [6, 6.07) is 16.8. The van der Waals surface area contributed by atoms with Crippen LogP contribution in [0.2, 0.25) is 0 Å². The van der Waals surface area contributed by atoms with E-state index in [9.17, 15) is 0 Å². The SMILES string of the molecule is C=CCCCCOc1ccc2ccc(OCCCCC=C)c(N3C=[N+](c4c(OCCCCC=C)cccc4OCCCCC=C)CC3(C)C)c2c1. The highest BCUT2D eigenvalue weighted by Gasteiger charge is 2.45. The molecule has 1 heterocycles. The highest BCUT2D eigenvalue weighted by Crippen LogP contribution is 2.45. The van der Waals surface area contributed by atoms with Crippen LogP contribution in [0, 0.1) is 0 Å². The Labute approximate surface area is 307 Å². The Morgan fingerprint density at radius 1 is 0.627 bits per heavy atom. The van der Waals surface area contributed by atoms with E-state index >= 15 is 0 Å². The molecule has 0 aliphatic carbocycles. The van der Waals surface area contributed by atoms with Gasteiger partial charge in [-0.15, -0.1) is 26.3 Å². The summed E-state index contributed by atoms with van der Waals surface area (Å²) in [7, 11) is 0. The third-order valence-corrected chi connectivity index (χ3v) is 9.13. The predicted molar refractivity (Wildman–Crippen MR) is 216 cm³/mol. The molecule has 0 bridgehead atoms. The Morgan fingerprint density at radius 3 is 1.65 bits per heavy atom. The van der Waals surface area contributed by atoms with Gasteiger partial charge in [0.05, 0.1) is 26.4 Å². The van der Waals surface area contributed by atoms with E-state index in [1.807, 2.05) is 30.4 Å². The topological polar surface area (TPSA) is 43.2 Å². The van der Waals surface area contributed by atoms with Crippen molar-refractivity contribution >= 4 is 28.5 Å². The molecule has 0 N–H and O–H groups in total. The Morgan fingerprint density at radius 2 is 1.12 bits per heavy atom. The van der Waals surface area contributed by atoms with E-state index in [0.717, 1.165) is 129 Å². The molecule has 0 aromatic heterocycles. The maximum atomic E-state index is 6.59. The fourth-order valence-corrected chi connectivity index (χ4v) is 6.36. The summed E-state index contributed by atoms with van der Waals surface area (Å²) >= 11 is 0. The van der Waals surface area contributed by atoms with Gasteiger partial charge < -0.3 is 18.9 Å². The van der Waals surface area contributed by atoms with Crippen molar-refractivity contribution in [2.45, 2.75) is 96.4 Å². The van der Waals surface area contributed by atoms with E-state index in [1.165, 1.54) is 0 Å². The van der Waals surface area contributed by atoms with E-state index in [1.54, 1.807) is 0 Å². The molecule has 0 radical (unpaired) electrons. The predicted octanol–water partition coefficient (Wildman–Crippen LogP) is 11.8. The first-order valence-corrected chi connectivity index (χ1v) is 19.0. The van der Waals surface area contributed by atoms with Crippen LogP contribution in [0.25, 0.3) is 10.8 Å². The van der Waals surface area contributed by atoms with E-state index in [4.69, 9.17) is 18.9 Å². The molecule has 0 fully saturated rings. The first-order chi connectivity index (χ1) is 24.9. The van der Waals surface area contributed by atoms with Gasteiger partial charge in [0, 0.05) is 5.39 Å². The van der Waals surface area contributed by atoms with Crippen LogP contribution in [0.5, 0.6) is 23.0 Å². The first-order valence-electron chi connectivity index (χ1n) is 19.0. The molecule has 0 atom stereocenters. The van der Waals surface area contributed by atoms with Crippen molar-refractivity contribution < 1.29 is 23.5 Å². The second kappa shape index (κ2) is 21.0. The average Bonchev–Trinajstić information content (AvgIpc) is 3.44. The zero-order chi connectivity index (χ0) is 36.3. The lowest BCUT2D eigenvalue weighted by atomic mass is 10.00. The van der Waals surface area contributed by atoms with Gasteiger partial charge in [0.1, 0.15) is 17.8 Å². The van der Waals surface area contributed by atoms with Crippen LogP contribution in [-0.4, -0.2) is 49.4 Å². The van der Waals surface area contributed by atoms with Crippen molar-refractivity contribution in [3.05, 3.63) is 99.2 Å². The maximum Gasteiger partial charge on any atom is 0.245 e. The fourth-order valence-electron chi connectivity index (χ4n) is 6.36. The number of hydrogen-bond acceptors (Lipinski definition) is 5. The second-order valence-electron chi connectivity index (χ2n) is 13.9. The van der Waals surface area contributed by atoms with Crippen molar-refractivity contribution in [1.82, 2.24) is 0 Å². The monoisotopic (exact) mass is 693 g/mol. The average molecular weight is 694 g/mol. The number of para-hydroxylation sites is 1. The van der Waals surface area contributed by atoms with Crippen LogP contribution in [0.1, 0.15) is 90.9 Å². The Kier molecular flexibility index (Phi) is 16.2. The third kappa shape index (κ3) is 11.5. The smallest absolute Gasteiger partial charge is 0.245 e.